The highest BCUT2D eigenvalue weighted by molar-refractivity contribution is 5.90. The monoisotopic (exact) mass is 327 g/mol. The summed E-state index contributed by atoms with van der Waals surface area (Å²) in [6.45, 7) is 6.81. The first-order chi connectivity index (χ1) is 11.5. The molecule has 1 saturated heterocycles. The molecule has 1 aliphatic rings. The highest BCUT2D eigenvalue weighted by atomic mass is 19.1. The molecular weight excluding hydrogens is 305 g/mol. The van der Waals surface area contributed by atoms with Crippen LogP contribution < -0.4 is 10.2 Å². The van der Waals surface area contributed by atoms with Gasteiger partial charge in [-0.25, -0.2) is 9.18 Å². The zero-order chi connectivity index (χ0) is 17.1. The summed E-state index contributed by atoms with van der Waals surface area (Å²) in [6.07, 6.45) is 0. The average Bonchev–Trinajstić information content (AvgIpc) is 2.58. The van der Waals surface area contributed by atoms with Gasteiger partial charge in [0.25, 0.3) is 0 Å². The van der Waals surface area contributed by atoms with Crippen LogP contribution in [0.25, 0.3) is 0 Å². The molecule has 0 aromatic heterocycles. The fraction of sp³-hybridized carbons (Fsp3) is 0.316. The predicted molar refractivity (Wildman–Crippen MR) is 95.1 cm³/mol. The summed E-state index contributed by atoms with van der Waals surface area (Å²) in [5.74, 6) is -0.231. The lowest BCUT2D eigenvalue weighted by Crippen LogP contribution is -2.50. The van der Waals surface area contributed by atoms with Crippen LogP contribution in [0.4, 0.5) is 20.6 Å². The molecule has 0 radical (unpaired) electrons. The van der Waals surface area contributed by atoms with Crippen molar-refractivity contribution in [3.8, 4) is 0 Å². The van der Waals surface area contributed by atoms with E-state index in [-0.39, 0.29) is 11.8 Å². The second-order valence-corrected chi connectivity index (χ2v) is 6.20. The maximum absolute atomic E-state index is 13.0. The third-order valence-electron chi connectivity index (χ3n) is 4.38. The molecule has 126 valence electrons. The smallest absolute Gasteiger partial charge is 0.321 e. The Bertz CT molecular complexity index is 722. The van der Waals surface area contributed by atoms with E-state index in [1.807, 2.05) is 30.9 Å². The summed E-state index contributed by atoms with van der Waals surface area (Å²) in [5.41, 5.74) is 4.09. The van der Waals surface area contributed by atoms with Gasteiger partial charge in [0.2, 0.25) is 0 Å². The Balaban J connectivity index is 1.58. The number of anilines is 2. The van der Waals surface area contributed by atoms with E-state index in [0.29, 0.717) is 13.1 Å². The van der Waals surface area contributed by atoms with Gasteiger partial charge in [-0.2, -0.15) is 0 Å². The van der Waals surface area contributed by atoms with Crippen molar-refractivity contribution in [3.63, 3.8) is 0 Å². The van der Waals surface area contributed by atoms with Crippen LogP contribution in [0, 0.1) is 19.7 Å². The van der Waals surface area contributed by atoms with E-state index in [2.05, 4.69) is 16.3 Å². The molecule has 1 heterocycles. The van der Waals surface area contributed by atoms with E-state index in [9.17, 15) is 9.18 Å². The fourth-order valence-corrected chi connectivity index (χ4v) is 2.97. The number of halogens is 1. The minimum Gasteiger partial charge on any atom is -0.368 e. The molecule has 0 saturated carbocycles. The van der Waals surface area contributed by atoms with E-state index in [0.717, 1.165) is 30.0 Å². The normalized spacial score (nSPS) is 14.6. The molecule has 1 aliphatic heterocycles. The van der Waals surface area contributed by atoms with Crippen LogP contribution in [-0.4, -0.2) is 37.1 Å². The summed E-state index contributed by atoms with van der Waals surface area (Å²) in [4.78, 5) is 16.4. The van der Waals surface area contributed by atoms with Crippen molar-refractivity contribution in [2.75, 3.05) is 36.4 Å². The number of carbonyl (C=O) groups excluding carboxylic acids is 1. The minimum atomic E-state index is -0.231. The van der Waals surface area contributed by atoms with Crippen molar-refractivity contribution < 1.29 is 9.18 Å². The Labute approximate surface area is 141 Å². The molecular formula is C19H22FN3O. The van der Waals surface area contributed by atoms with E-state index >= 15 is 0 Å². The number of nitrogens with one attached hydrogen (secondary N) is 1. The first-order valence-corrected chi connectivity index (χ1v) is 8.16. The molecule has 0 atom stereocenters. The van der Waals surface area contributed by atoms with Gasteiger partial charge in [0.1, 0.15) is 5.82 Å². The quantitative estimate of drug-likeness (QED) is 0.911. The van der Waals surface area contributed by atoms with E-state index in [1.54, 1.807) is 12.1 Å². The summed E-state index contributed by atoms with van der Waals surface area (Å²) < 4.78 is 13.0. The van der Waals surface area contributed by atoms with Gasteiger partial charge in [0.15, 0.2) is 0 Å². The molecule has 1 fully saturated rings. The molecule has 5 heteroatoms. The van der Waals surface area contributed by atoms with Gasteiger partial charge in [-0.3, -0.25) is 0 Å². The summed E-state index contributed by atoms with van der Waals surface area (Å²) in [7, 11) is 0. The number of urea groups is 1. The number of nitrogens with zero attached hydrogens (tertiary/aromatic N) is 2. The molecule has 24 heavy (non-hydrogen) atoms. The number of amides is 2. The van der Waals surface area contributed by atoms with Gasteiger partial charge in [0.05, 0.1) is 0 Å². The number of hydrogen-bond donors (Lipinski definition) is 1. The van der Waals surface area contributed by atoms with Gasteiger partial charge in [-0.05, 0) is 49.7 Å². The average molecular weight is 327 g/mol. The topological polar surface area (TPSA) is 35.6 Å². The van der Waals surface area contributed by atoms with Gasteiger partial charge in [-0.1, -0.05) is 17.7 Å². The van der Waals surface area contributed by atoms with Crippen molar-refractivity contribution in [1.29, 1.82) is 0 Å². The third-order valence-corrected chi connectivity index (χ3v) is 4.38. The van der Waals surface area contributed by atoms with Crippen LogP contribution in [0.3, 0.4) is 0 Å². The van der Waals surface area contributed by atoms with Crippen LogP contribution in [0.1, 0.15) is 11.1 Å². The molecule has 1 N–H and O–H groups in total. The molecule has 0 bridgehead atoms. The van der Waals surface area contributed by atoms with Crippen LogP contribution in [0.15, 0.2) is 42.5 Å². The number of hydrogen-bond acceptors (Lipinski definition) is 2. The Morgan fingerprint density at radius 2 is 1.67 bits per heavy atom. The molecule has 0 unspecified atom stereocenters. The maximum atomic E-state index is 13.0. The number of rotatable bonds is 2. The van der Waals surface area contributed by atoms with E-state index in [4.69, 9.17) is 0 Å². The van der Waals surface area contributed by atoms with Crippen LogP contribution in [-0.2, 0) is 0 Å². The first-order valence-electron chi connectivity index (χ1n) is 8.16. The van der Waals surface area contributed by atoms with E-state index < -0.39 is 0 Å². The molecule has 0 spiro atoms. The molecule has 2 aromatic carbocycles. The number of aryl methyl sites for hydroxylation is 2. The Morgan fingerprint density at radius 1 is 1.00 bits per heavy atom. The summed E-state index contributed by atoms with van der Waals surface area (Å²) >= 11 is 0. The predicted octanol–water partition coefficient (Wildman–Crippen LogP) is 3.80. The lowest BCUT2D eigenvalue weighted by atomic mass is 10.1. The van der Waals surface area contributed by atoms with Crippen LogP contribution in [0.5, 0.6) is 0 Å². The standard InChI is InChI=1S/C19H22FN3O/c1-14-3-8-18(15(2)13-14)21-19(24)23-11-9-22(10-12-23)17-6-4-16(20)5-7-17/h3-8,13H,9-12H2,1-2H3,(H,21,24). The van der Waals surface area contributed by atoms with Crippen molar-refractivity contribution >= 4 is 17.4 Å². The summed E-state index contributed by atoms with van der Waals surface area (Å²) in [5, 5.41) is 2.99. The molecule has 0 aliphatic carbocycles. The summed E-state index contributed by atoms with van der Waals surface area (Å²) in [6, 6.07) is 12.4. The zero-order valence-corrected chi connectivity index (χ0v) is 14.1. The lowest BCUT2D eigenvalue weighted by Gasteiger charge is -2.36. The molecule has 2 aromatic rings. The van der Waals surface area contributed by atoms with Gasteiger partial charge < -0.3 is 15.1 Å². The van der Waals surface area contributed by atoms with Crippen molar-refractivity contribution in [2.24, 2.45) is 0 Å². The largest absolute Gasteiger partial charge is 0.368 e. The van der Waals surface area contributed by atoms with Crippen molar-refractivity contribution in [1.82, 2.24) is 4.90 Å². The number of benzene rings is 2. The lowest BCUT2D eigenvalue weighted by molar-refractivity contribution is 0.208. The minimum absolute atomic E-state index is 0.0688. The third kappa shape index (κ3) is 3.67. The Hall–Kier alpha value is -2.56. The fourth-order valence-electron chi connectivity index (χ4n) is 2.97. The van der Waals surface area contributed by atoms with Gasteiger partial charge in [-0.15, -0.1) is 0 Å². The second kappa shape index (κ2) is 6.91. The van der Waals surface area contributed by atoms with Crippen LogP contribution in [0.2, 0.25) is 0 Å². The van der Waals surface area contributed by atoms with Crippen molar-refractivity contribution in [2.45, 2.75) is 13.8 Å². The van der Waals surface area contributed by atoms with Crippen molar-refractivity contribution in [3.05, 3.63) is 59.4 Å². The second-order valence-electron chi connectivity index (χ2n) is 6.20. The highest BCUT2D eigenvalue weighted by Gasteiger charge is 2.21. The first kappa shape index (κ1) is 16.3. The molecule has 3 rings (SSSR count). The van der Waals surface area contributed by atoms with E-state index in [1.165, 1.54) is 17.7 Å². The highest BCUT2D eigenvalue weighted by Crippen LogP contribution is 2.19. The maximum Gasteiger partial charge on any atom is 0.321 e. The van der Waals surface area contributed by atoms with Crippen LogP contribution >= 0.6 is 0 Å². The van der Waals surface area contributed by atoms with Gasteiger partial charge in [0, 0.05) is 37.6 Å². The SMILES string of the molecule is Cc1ccc(NC(=O)N2CCN(c3ccc(F)cc3)CC2)c(C)c1. The molecule has 2 amide bonds. The number of piperazine rings is 1. The van der Waals surface area contributed by atoms with Gasteiger partial charge >= 0.3 is 6.03 Å². The zero-order valence-electron chi connectivity index (χ0n) is 14.1. The number of carbonyl (C=O) groups is 1. The Kier molecular flexibility index (Phi) is 4.69. The Morgan fingerprint density at radius 3 is 2.29 bits per heavy atom. The molecule has 4 nitrogen and oxygen atoms in total.